The average molecular weight is 376 g/mol. The molecule has 3 amide bonds. The van der Waals surface area contributed by atoms with Crippen LogP contribution in [-0.4, -0.2) is 66.3 Å². The van der Waals surface area contributed by atoms with E-state index in [2.05, 4.69) is 5.11 Å². The summed E-state index contributed by atoms with van der Waals surface area (Å²) < 4.78 is 17.5. The Balaban J connectivity index is 1.85. The maximum absolute atomic E-state index is 13.0. The third-order valence-electron chi connectivity index (χ3n) is 4.83. The van der Waals surface area contributed by atoms with Gasteiger partial charge in [-0.25, -0.2) is 4.90 Å². The molecular formula is C19H21NO7. The van der Waals surface area contributed by atoms with Crippen molar-refractivity contribution in [2.24, 2.45) is 5.92 Å². The lowest BCUT2D eigenvalue weighted by Gasteiger charge is -2.30. The van der Waals surface area contributed by atoms with Gasteiger partial charge in [-0.3, -0.25) is 14.4 Å². The molecule has 0 saturated carbocycles. The zero-order valence-corrected chi connectivity index (χ0v) is 15.0. The Kier molecular flexibility index (Phi) is 5.02. The smallest absolute Gasteiger partial charge is 0.267 e. The number of rotatable bonds is 5. The number of nitrogens with zero attached hydrogens (tertiary/aromatic N) is 1. The second-order valence-electron chi connectivity index (χ2n) is 6.57. The van der Waals surface area contributed by atoms with Crippen LogP contribution in [0.3, 0.4) is 0 Å². The third-order valence-corrected chi connectivity index (χ3v) is 4.83. The van der Waals surface area contributed by atoms with Crippen molar-refractivity contribution < 1.29 is 34.1 Å². The molecule has 0 radical (unpaired) electrons. The first-order chi connectivity index (χ1) is 13.4. The summed E-state index contributed by atoms with van der Waals surface area (Å²) in [6, 6.07) is 6.08. The molecule has 4 unspecified atom stereocenters. The van der Waals surface area contributed by atoms with Crippen LogP contribution in [0, 0.1) is 5.92 Å². The van der Waals surface area contributed by atoms with Gasteiger partial charge in [0, 0.05) is 17.6 Å². The molecule has 0 spiro atoms. The second kappa shape index (κ2) is 7.59. The Morgan fingerprint density at radius 2 is 2.07 bits per heavy atom. The van der Waals surface area contributed by atoms with Gasteiger partial charge in [0.15, 0.2) is 0 Å². The van der Waals surface area contributed by atoms with Gasteiger partial charge in [-0.05, 0) is 31.2 Å². The van der Waals surface area contributed by atoms with Crippen molar-refractivity contribution in [2.75, 3.05) is 13.7 Å². The summed E-state index contributed by atoms with van der Waals surface area (Å²) >= 11 is 0. The summed E-state index contributed by atoms with van der Waals surface area (Å²) in [6.07, 6.45) is -0.777. The van der Waals surface area contributed by atoms with E-state index in [0.29, 0.717) is 10.6 Å². The largest absolute Gasteiger partial charge is 0.497 e. The maximum atomic E-state index is 13.0. The molecule has 3 rings (SSSR count). The standard InChI is InChI=1S/C19H21NO7/c1-10-7-13(15-8-14(22)16(9-21)27-15)19(25)20(17(10)23)18(24)11-3-5-12(26-2)6-4-11/h3-7,13-16,21-22H,8-9H2,1-2H3/i21D. The first-order valence-corrected chi connectivity index (χ1v) is 8.54. The van der Waals surface area contributed by atoms with Crippen molar-refractivity contribution in [3.63, 3.8) is 0 Å². The number of aliphatic hydroxyl groups is 2. The lowest BCUT2D eigenvalue weighted by atomic mass is 9.91. The lowest BCUT2D eigenvalue weighted by molar-refractivity contribution is -0.145. The summed E-state index contributed by atoms with van der Waals surface area (Å²) in [4.78, 5) is 38.9. The van der Waals surface area contributed by atoms with Gasteiger partial charge in [-0.15, -0.1) is 0 Å². The number of hydrogen-bond donors (Lipinski definition) is 2. The van der Waals surface area contributed by atoms with Crippen molar-refractivity contribution in [1.29, 1.82) is 1.43 Å². The average Bonchev–Trinajstić information content (AvgIpc) is 3.05. The Labute approximate surface area is 157 Å². The van der Waals surface area contributed by atoms with E-state index >= 15 is 0 Å². The molecule has 8 heteroatoms. The summed E-state index contributed by atoms with van der Waals surface area (Å²) in [5, 5.41) is 14.3. The van der Waals surface area contributed by atoms with Crippen LogP contribution in [0.4, 0.5) is 0 Å². The summed E-state index contributed by atoms with van der Waals surface area (Å²) in [5.41, 5.74) is 0.411. The fraction of sp³-hybridized carbons (Fsp3) is 0.421. The number of ether oxygens (including phenoxy) is 2. The van der Waals surface area contributed by atoms with Gasteiger partial charge >= 0.3 is 0 Å². The highest BCUT2D eigenvalue weighted by atomic mass is 16.5. The van der Waals surface area contributed by atoms with E-state index in [1.807, 2.05) is 0 Å². The first kappa shape index (κ1) is 17.8. The number of hydrogen-bond acceptors (Lipinski definition) is 7. The van der Waals surface area contributed by atoms with Gasteiger partial charge in [0.05, 0.1) is 31.8 Å². The van der Waals surface area contributed by atoms with Crippen molar-refractivity contribution in [1.82, 2.24) is 4.90 Å². The predicted molar refractivity (Wildman–Crippen MR) is 92.8 cm³/mol. The summed E-state index contributed by atoms with van der Waals surface area (Å²) in [7, 11) is 1.49. The van der Waals surface area contributed by atoms with Crippen molar-refractivity contribution >= 4 is 17.7 Å². The van der Waals surface area contributed by atoms with Crippen LogP contribution in [0.25, 0.3) is 0 Å². The zero-order chi connectivity index (χ0) is 20.4. The number of aliphatic hydroxyl groups excluding tert-OH is 2. The number of amides is 3. The van der Waals surface area contributed by atoms with Gasteiger partial charge in [0.1, 0.15) is 11.9 Å². The molecule has 27 heavy (non-hydrogen) atoms. The third kappa shape index (κ3) is 3.51. The molecule has 1 aromatic rings. The van der Waals surface area contributed by atoms with Crippen LogP contribution >= 0.6 is 0 Å². The highest BCUT2D eigenvalue weighted by Crippen LogP contribution is 2.32. The zero-order valence-electron chi connectivity index (χ0n) is 16.0. The minimum Gasteiger partial charge on any atom is -0.497 e. The molecule has 2 N–H and O–H groups in total. The molecule has 2 heterocycles. The fourth-order valence-corrected chi connectivity index (χ4v) is 3.30. The molecule has 2 aliphatic rings. The Morgan fingerprint density at radius 1 is 1.37 bits per heavy atom. The van der Waals surface area contributed by atoms with Crippen LogP contribution in [0.1, 0.15) is 23.7 Å². The molecule has 4 atom stereocenters. The minimum absolute atomic E-state index is 0.132. The molecule has 0 aliphatic carbocycles. The Morgan fingerprint density at radius 3 is 2.70 bits per heavy atom. The van der Waals surface area contributed by atoms with E-state index in [4.69, 9.17) is 10.9 Å². The van der Waals surface area contributed by atoms with Crippen LogP contribution in [-0.2, 0) is 14.3 Å². The molecule has 2 aliphatic heterocycles. The molecule has 8 nitrogen and oxygen atoms in total. The molecule has 144 valence electrons. The molecule has 0 aromatic heterocycles. The monoisotopic (exact) mass is 376 g/mol. The number of benzene rings is 1. The number of imide groups is 3. The van der Waals surface area contributed by atoms with Gasteiger partial charge in [-0.2, -0.15) is 0 Å². The summed E-state index contributed by atoms with van der Waals surface area (Å²) in [5.74, 6) is -2.49. The van der Waals surface area contributed by atoms with Crippen LogP contribution in [0.5, 0.6) is 5.75 Å². The minimum atomic E-state index is -0.903. The normalized spacial score (nSPS) is 28.8. The topological polar surface area (TPSA) is 113 Å². The fourth-order valence-electron chi connectivity index (χ4n) is 3.30. The van der Waals surface area contributed by atoms with E-state index in [9.17, 15) is 19.5 Å². The number of methoxy groups -OCH3 is 1. The number of carbonyl (C=O) groups is 3. The highest BCUT2D eigenvalue weighted by molar-refractivity contribution is 6.22. The Hall–Kier alpha value is -2.55. The van der Waals surface area contributed by atoms with Crippen LogP contribution in [0.15, 0.2) is 35.9 Å². The lowest BCUT2D eigenvalue weighted by Crippen LogP contribution is -2.50. The van der Waals surface area contributed by atoms with Crippen LogP contribution in [0.2, 0.25) is 0 Å². The van der Waals surface area contributed by atoms with Gasteiger partial charge in [-0.1, -0.05) is 6.08 Å². The van der Waals surface area contributed by atoms with E-state index in [-0.39, 0.29) is 24.2 Å². The number of carbonyl (C=O) groups excluding carboxylic acids is 3. The highest BCUT2D eigenvalue weighted by Gasteiger charge is 2.46. The van der Waals surface area contributed by atoms with Gasteiger partial charge in [0.2, 0.25) is 7.34 Å². The van der Waals surface area contributed by atoms with Crippen molar-refractivity contribution in [3.05, 3.63) is 41.5 Å². The first-order valence-electron chi connectivity index (χ1n) is 8.95. The molecule has 1 aromatic carbocycles. The van der Waals surface area contributed by atoms with Crippen molar-refractivity contribution in [2.45, 2.75) is 31.7 Å². The molecule has 1 fully saturated rings. The van der Waals surface area contributed by atoms with Gasteiger partial charge < -0.3 is 19.7 Å². The second-order valence-corrected chi connectivity index (χ2v) is 6.57. The maximum Gasteiger partial charge on any atom is 0.267 e. The Bertz CT molecular complexity index is 807. The van der Waals surface area contributed by atoms with Crippen molar-refractivity contribution in [3.8, 4) is 5.75 Å². The van der Waals surface area contributed by atoms with Gasteiger partial charge in [0.25, 0.3) is 11.8 Å². The SMILES string of the molecule is [2H]OCC1OC(C2C=C(C)C(=O)N(C(=O)c3ccc(OC)cc3)C2=O)CC1O. The van der Waals surface area contributed by atoms with E-state index in [1.165, 1.54) is 32.2 Å². The summed E-state index contributed by atoms with van der Waals surface area (Å²) in [6.45, 7) is 1.38. The van der Waals surface area contributed by atoms with E-state index in [1.54, 1.807) is 12.1 Å². The quantitative estimate of drug-likeness (QED) is 0.710. The van der Waals surface area contributed by atoms with Crippen LogP contribution < -0.4 is 4.74 Å². The molecule has 0 bridgehead atoms. The molecular weight excluding hydrogens is 354 g/mol. The predicted octanol–water partition coefficient (Wildman–Crippen LogP) is 0.277. The van der Waals surface area contributed by atoms with E-state index in [0.717, 1.165) is 0 Å². The van der Waals surface area contributed by atoms with E-state index < -0.39 is 42.0 Å². The molecule has 1 saturated heterocycles.